The van der Waals surface area contributed by atoms with Gasteiger partial charge in [0.1, 0.15) is 0 Å². The van der Waals surface area contributed by atoms with Gasteiger partial charge in [0.2, 0.25) is 0 Å². The molecule has 0 saturated carbocycles. The summed E-state index contributed by atoms with van der Waals surface area (Å²) in [6.45, 7) is -0.278. The number of amides is 1. The first-order chi connectivity index (χ1) is 10.5. The van der Waals surface area contributed by atoms with Gasteiger partial charge >= 0.3 is 5.97 Å². The summed E-state index contributed by atoms with van der Waals surface area (Å²) in [6.07, 6.45) is 0.197. The topological polar surface area (TPSA) is 58.6 Å². The number of nitrogens with zero attached hydrogens (tertiary/aromatic N) is 1. The highest BCUT2D eigenvalue weighted by Gasteiger charge is 2.09. The molecule has 0 saturated heterocycles. The van der Waals surface area contributed by atoms with Gasteiger partial charge in [-0.3, -0.25) is 9.59 Å². The van der Waals surface area contributed by atoms with Gasteiger partial charge in [0.05, 0.1) is 6.42 Å². The Kier molecular flexibility index (Phi) is 5.55. The Morgan fingerprint density at radius 3 is 2.50 bits per heavy atom. The predicted molar refractivity (Wildman–Crippen MR) is 88.4 cm³/mol. The van der Waals surface area contributed by atoms with E-state index in [4.69, 9.17) is 4.74 Å². The van der Waals surface area contributed by atoms with E-state index in [1.165, 1.54) is 11.3 Å². The lowest BCUT2D eigenvalue weighted by atomic mass is 10.2. The highest BCUT2D eigenvalue weighted by molar-refractivity contribution is 7.10. The Balaban J connectivity index is 1.76. The van der Waals surface area contributed by atoms with Gasteiger partial charge in [0.25, 0.3) is 5.91 Å². The number of hydrogen-bond acceptors (Lipinski definition) is 5. The van der Waals surface area contributed by atoms with Crippen LogP contribution in [0.3, 0.4) is 0 Å². The van der Waals surface area contributed by atoms with E-state index < -0.39 is 5.97 Å². The molecule has 2 rings (SSSR count). The Labute approximate surface area is 133 Å². The van der Waals surface area contributed by atoms with Crippen molar-refractivity contribution in [2.24, 2.45) is 0 Å². The van der Waals surface area contributed by atoms with Crippen molar-refractivity contribution in [1.82, 2.24) is 0 Å². The van der Waals surface area contributed by atoms with Gasteiger partial charge in [0, 0.05) is 30.3 Å². The molecule has 6 heteroatoms. The molecule has 2 aromatic rings. The number of benzene rings is 1. The highest BCUT2D eigenvalue weighted by Crippen LogP contribution is 2.15. The standard InChI is InChI=1S/C16H18N2O3S/c1-18(2)13-7-5-12(6-8-13)17-15(19)11-21-16(20)10-14-4-3-9-22-14/h3-9H,10-11H2,1-2H3,(H,17,19). The third-order valence-electron chi connectivity index (χ3n) is 2.93. The van der Waals surface area contributed by atoms with Crippen LogP contribution in [0.2, 0.25) is 0 Å². The minimum atomic E-state index is -0.402. The van der Waals surface area contributed by atoms with Gasteiger partial charge in [-0.15, -0.1) is 11.3 Å². The third-order valence-corrected chi connectivity index (χ3v) is 3.81. The van der Waals surface area contributed by atoms with E-state index in [2.05, 4.69) is 5.32 Å². The number of rotatable bonds is 6. The Bertz CT molecular complexity index is 621. The zero-order valence-electron chi connectivity index (χ0n) is 12.5. The predicted octanol–water partition coefficient (Wildman–Crippen LogP) is 2.54. The van der Waals surface area contributed by atoms with Gasteiger partial charge in [-0.25, -0.2) is 0 Å². The van der Waals surface area contributed by atoms with Crippen LogP contribution in [-0.4, -0.2) is 32.6 Å². The number of carbonyl (C=O) groups is 2. The second-order valence-electron chi connectivity index (χ2n) is 4.91. The second kappa shape index (κ2) is 7.61. The van der Waals surface area contributed by atoms with E-state index in [9.17, 15) is 9.59 Å². The first-order valence-electron chi connectivity index (χ1n) is 6.80. The molecule has 0 unspecified atom stereocenters. The normalized spacial score (nSPS) is 10.1. The van der Waals surface area contributed by atoms with Gasteiger partial charge in [-0.2, -0.15) is 0 Å². The van der Waals surface area contributed by atoms with Crippen LogP contribution in [0.15, 0.2) is 41.8 Å². The number of hydrogen-bond donors (Lipinski definition) is 1. The van der Waals surface area contributed by atoms with Crippen LogP contribution in [0.4, 0.5) is 11.4 Å². The zero-order valence-corrected chi connectivity index (χ0v) is 13.4. The molecule has 116 valence electrons. The molecule has 0 fully saturated rings. The zero-order chi connectivity index (χ0) is 15.9. The fourth-order valence-corrected chi connectivity index (χ4v) is 2.48. The second-order valence-corrected chi connectivity index (χ2v) is 5.94. The molecule has 0 spiro atoms. The molecule has 1 aromatic carbocycles. The van der Waals surface area contributed by atoms with E-state index in [1.54, 1.807) is 12.1 Å². The van der Waals surface area contributed by atoms with Crippen LogP contribution >= 0.6 is 11.3 Å². The Morgan fingerprint density at radius 1 is 1.18 bits per heavy atom. The maximum Gasteiger partial charge on any atom is 0.311 e. The Morgan fingerprint density at radius 2 is 1.91 bits per heavy atom. The molecular formula is C16H18N2O3S. The van der Waals surface area contributed by atoms with Crippen LogP contribution in [0, 0.1) is 0 Å². The number of anilines is 2. The first kappa shape index (κ1) is 16.0. The van der Waals surface area contributed by atoms with Crippen molar-refractivity contribution in [3.05, 3.63) is 46.7 Å². The molecule has 1 amide bonds. The molecular weight excluding hydrogens is 300 g/mol. The van der Waals surface area contributed by atoms with Gasteiger partial charge < -0.3 is 15.0 Å². The minimum Gasteiger partial charge on any atom is -0.455 e. The molecule has 0 aliphatic rings. The molecule has 0 aliphatic heterocycles. The van der Waals surface area contributed by atoms with Gasteiger partial charge in [0.15, 0.2) is 6.61 Å². The fraction of sp³-hybridized carbons (Fsp3) is 0.250. The van der Waals surface area contributed by atoms with Crippen molar-refractivity contribution in [3.8, 4) is 0 Å². The fourth-order valence-electron chi connectivity index (χ4n) is 1.79. The average molecular weight is 318 g/mol. The van der Waals surface area contributed by atoms with Crippen LogP contribution in [-0.2, 0) is 20.7 Å². The quantitative estimate of drug-likeness (QED) is 0.832. The Hall–Kier alpha value is -2.34. The van der Waals surface area contributed by atoms with Crippen molar-refractivity contribution in [2.45, 2.75) is 6.42 Å². The van der Waals surface area contributed by atoms with E-state index in [-0.39, 0.29) is 18.9 Å². The van der Waals surface area contributed by atoms with Crippen molar-refractivity contribution in [3.63, 3.8) is 0 Å². The SMILES string of the molecule is CN(C)c1ccc(NC(=O)COC(=O)Cc2cccs2)cc1. The largest absolute Gasteiger partial charge is 0.455 e. The number of nitrogens with one attached hydrogen (secondary N) is 1. The summed E-state index contributed by atoms with van der Waals surface area (Å²) >= 11 is 1.49. The molecule has 0 aliphatic carbocycles. The van der Waals surface area contributed by atoms with Gasteiger partial charge in [-0.05, 0) is 35.7 Å². The molecule has 22 heavy (non-hydrogen) atoms. The lowest BCUT2D eigenvalue weighted by Gasteiger charge is -2.13. The highest BCUT2D eigenvalue weighted by atomic mass is 32.1. The molecule has 1 heterocycles. The van der Waals surface area contributed by atoms with Crippen molar-refractivity contribution >= 4 is 34.6 Å². The maximum absolute atomic E-state index is 11.7. The van der Waals surface area contributed by atoms with E-state index in [0.29, 0.717) is 5.69 Å². The molecule has 0 bridgehead atoms. The molecule has 0 radical (unpaired) electrons. The number of esters is 1. The molecule has 5 nitrogen and oxygen atoms in total. The van der Waals surface area contributed by atoms with E-state index in [0.717, 1.165) is 10.6 Å². The summed E-state index contributed by atoms with van der Waals surface area (Å²) < 4.78 is 4.96. The lowest BCUT2D eigenvalue weighted by Crippen LogP contribution is -2.21. The van der Waals surface area contributed by atoms with Crippen molar-refractivity contribution < 1.29 is 14.3 Å². The molecule has 0 atom stereocenters. The number of thiophene rings is 1. The summed E-state index contributed by atoms with van der Waals surface area (Å²) in [7, 11) is 3.89. The monoisotopic (exact) mass is 318 g/mol. The first-order valence-corrected chi connectivity index (χ1v) is 7.68. The number of ether oxygens (including phenoxy) is 1. The summed E-state index contributed by atoms with van der Waals surface area (Å²) in [6, 6.07) is 11.1. The van der Waals surface area contributed by atoms with Crippen LogP contribution in [0.1, 0.15) is 4.88 Å². The van der Waals surface area contributed by atoms with Crippen LogP contribution < -0.4 is 10.2 Å². The summed E-state index contributed by atoms with van der Waals surface area (Å²) in [5.41, 5.74) is 1.71. The van der Waals surface area contributed by atoms with E-state index >= 15 is 0 Å². The van der Waals surface area contributed by atoms with Crippen molar-refractivity contribution in [2.75, 3.05) is 30.9 Å². The lowest BCUT2D eigenvalue weighted by molar-refractivity contribution is -0.146. The molecule has 1 aromatic heterocycles. The summed E-state index contributed by atoms with van der Waals surface area (Å²) in [4.78, 5) is 26.2. The van der Waals surface area contributed by atoms with Crippen LogP contribution in [0.5, 0.6) is 0 Å². The van der Waals surface area contributed by atoms with Gasteiger partial charge in [-0.1, -0.05) is 6.07 Å². The summed E-state index contributed by atoms with van der Waals surface area (Å²) in [5, 5.41) is 4.59. The maximum atomic E-state index is 11.7. The van der Waals surface area contributed by atoms with Crippen molar-refractivity contribution in [1.29, 1.82) is 0 Å². The third kappa shape index (κ3) is 4.89. The number of carbonyl (C=O) groups excluding carboxylic acids is 2. The summed E-state index contributed by atoms with van der Waals surface area (Å²) in [5.74, 6) is -0.752. The smallest absolute Gasteiger partial charge is 0.311 e. The van der Waals surface area contributed by atoms with Crippen LogP contribution in [0.25, 0.3) is 0 Å². The molecule has 1 N–H and O–H groups in total. The van der Waals surface area contributed by atoms with E-state index in [1.807, 2.05) is 48.6 Å². The minimum absolute atomic E-state index is 0.197. The average Bonchev–Trinajstić information content (AvgIpc) is 2.98.